The Labute approximate surface area is 216 Å². The van der Waals surface area contributed by atoms with Crippen molar-refractivity contribution in [3.8, 4) is 34.2 Å². The van der Waals surface area contributed by atoms with Crippen LogP contribution in [0.1, 0.15) is 11.3 Å². The first-order valence-electron chi connectivity index (χ1n) is 11.7. The topological polar surface area (TPSA) is 152 Å². The van der Waals surface area contributed by atoms with Crippen LogP contribution in [0.2, 0.25) is 0 Å². The molecule has 0 saturated carbocycles. The van der Waals surface area contributed by atoms with E-state index >= 15 is 0 Å². The van der Waals surface area contributed by atoms with E-state index < -0.39 is 5.82 Å². The normalized spacial score (nSPS) is 11.3. The summed E-state index contributed by atoms with van der Waals surface area (Å²) >= 11 is 0. The molecule has 0 atom stereocenters. The molecule has 38 heavy (non-hydrogen) atoms. The van der Waals surface area contributed by atoms with E-state index in [1.54, 1.807) is 40.0 Å². The van der Waals surface area contributed by atoms with Crippen molar-refractivity contribution >= 4 is 22.5 Å². The highest BCUT2D eigenvalue weighted by molar-refractivity contribution is 5.88. The molecule has 6 rings (SSSR count). The van der Waals surface area contributed by atoms with Gasteiger partial charge in [-0.3, -0.25) is 9.67 Å². The summed E-state index contributed by atoms with van der Waals surface area (Å²) < 4.78 is 18.3. The molecule has 0 aliphatic carbocycles. The van der Waals surface area contributed by atoms with Gasteiger partial charge < -0.3 is 11.5 Å². The Morgan fingerprint density at radius 2 is 1.79 bits per heavy atom. The number of anilines is 2. The van der Waals surface area contributed by atoms with Gasteiger partial charge in [-0.1, -0.05) is 23.4 Å². The van der Waals surface area contributed by atoms with Gasteiger partial charge in [-0.05, 0) is 42.8 Å². The van der Waals surface area contributed by atoms with Crippen molar-refractivity contribution in [2.24, 2.45) is 7.05 Å². The maximum absolute atomic E-state index is 15.0. The molecule has 1 aromatic carbocycles. The fourth-order valence-electron chi connectivity index (χ4n) is 4.31. The molecule has 0 aliphatic rings. The lowest BCUT2D eigenvalue weighted by Gasteiger charge is -2.09. The Balaban J connectivity index is 1.33. The van der Waals surface area contributed by atoms with E-state index in [0.717, 1.165) is 33.7 Å². The highest BCUT2D eigenvalue weighted by Gasteiger charge is 2.20. The average molecular weight is 508 g/mol. The van der Waals surface area contributed by atoms with Gasteiger partial charge in [0.05, 0.1) is 24.1 Å². The molecule has 0 unspecified atom stereocenters. The summed E-state index contributed by atoms with van der Waals surface area (Å²) in [6.45, 7) is 2.14. The largest absolute Gasteiger partial charge is 0.398 e. The Kier molecular flexibility index (Phi) is 5.48. The van der Waals surface area contributed by atoms with E-state index in [1.165, 1.54) is 0 Å². The number of aromatic nitrogens is 9. The van der Waals surface area contributed by atoms with E-state index in [-0.39, 0.29) is 23.0 Å². The van der Waals surface area contributed by atoms with Crippen LogP contribution in [-0.2, 0) is 13.6 Å². The van der Waals surface area contributed by atoms with Gasteiger partial charge in [-0.15, -0.1) is 5.10 Å². The second kappa shape index (κ2) is 9.00. The molecule has 5 heterocycles. The third kappa shape index (κ3) is 3.97. The molecule has 0 aliphatic heterocycles. The second-order valence-corrected chi connectivity index (χ2v) is 8.77. The predicted molar refractivity (Wildman–Crippen MR) is 141 cm³/mol. The van der Waals surface area contributed by atoms with Crippen LogP contribution >= 0.6 is 0 Å². The van der Waals surface area contributed by atoms with Crippen molar-refractivity contribution < 1.29 is 4.39 Å². The molecule has 0 radical (unpaired) electrons. The average Bonchev–Trinajstić information content (AvgIpc) is 3.50. The van der Waals surface area contributed by atoms with Gasteiger partial charge in [-0.2, -0.15) is 5.10 Å². The zero-order valence-electron chi connectivity index (χ0n) is 20.5. The van der Waals surface area contributed by atoms with Crippen LogP contribution in [0.25, 0.3) is 45.2 Å². The lowest BCUT2D eigenvalue weighted by molar-refractivity contribution is 0.623. The zero-order valence-corrected chi connectivity index (χ0v) is 20.5. The van der Waals surface area contributed by atoms with Gasteiger partial charge in [0.15, 0.2) is 17.5 Å². The minimum absolute atomic E-state index is 0.0466. The summed E-state index contributed by atoms with van der Waals surface area (Å²) in [5.41, 5.74) is 17.9. The fraction of sp³-hybridized carbons (Fsp3) is 0.115. The van der Waals surface area contributed by atoms with Crippen LogP contribution < -0.4 is 11.5 Å². The van der Waals surface area contributed by atoms with Gasteiger partial charge in [0.2, 0.25) is 0 Å². The van der Waals surface area contributed by atoms with Crippen molar-refractivity contribution in [3.63, 3.8) is 0 Å². The van der Waals surface area contributed by atoms with Gasteiger partial charge in [-0.25, -0.2) is 24.0 Å². The maximum atomic E-state index is 15.0. The number of aryl methyl sites for hydroxylation is 1. The van der Waals surface area contributed by atoms with Crippen LogP contribution in [0.15, 0.2) is 60.9 Å². The van der Waals surface area contributed by atoms with E-state index in [2.05, 4.69) is 30.4 Å². The first-order chi connectivity index (χ1) is 18.4. The van der Waals surface area contributed by atoms with Crippen LogP contribution in [0.4, 0.5) is 15.9 Å². The molecule has 4 N–H and O–H groups in total. The number of benzene rings is 1. The Morgan fingerprint density at radius 1 is 0.947 bits per heavy atom. The summed E-state index contributed by atoms with van der Waals surface area (Å²) in [5, 5.41) is 12.8. The second-order valence-electron chi connectivity index (χ2n) is 8.77. The zero-order chi connectivity index (χ0) is 26.4. The molecule has 5 aromatic heterocycles. The summed E-state index contributed by atoms with van der Waals surface area (Å²) in [5.74, 6) is -0.796. The molecule has 188 valence electrons. The van der Waals surface area contributed by atoms with Gasteiger partial charge >= 0.3 is 0 Å². The SMILES string of the molecule is Cc1c(N)cccc1-c1nc(N)c(F)c(-c2cn(Cc3cccc(-c4c5ncccc5nn4C)n3)nn2)n1. The van der Waals surface area contributed by atoms with Crippen molar-refractivity contribution in [2.75, 3.05) is 11.5 Å². The summed E-state index contributed by atoms with van der Waals surface area (Å²) in [6, 6.07) is 14.8. The number of pyridine rings is 2. The van der Waals surface area contributed by atoms with Gasteiger partial charge in [0.25, 0.3) is 0 Å². The first kappa shape index (κ1) is 23.2. The molecule has 0 bridgehead atoms. The summed E-state index contributed by atoms with van der Waals surface area (Å²) in [7, 11) is 1.86. The lowest BCUT2D eigenvalue weighted by Crippen LogP contribution is -2.05. The van der Waals surface area contributed by atoms with Crippen LogP contribution in [-0.4, -0.2) is 44.7 Å². The molecular formula is C26H22FN11. The number of fused-ring (bicyclic) bond motifs is 1. The van der Waals surface area contributed by atoms with E-state index in [9.17, 15) is 4.39 Å². The molecule has 6 aromatic rings. The first-order valence-corrected chi connectivity index (χ1v) is 11.7. The molecule has 0 spiro atoms. The third-order valence-electron chi connectivity index (χ3n) is 6.24. The van der Waals surface area contributed by atoms with E-state index in [4.69, 9.17) is 16.5 Å². The Morgan fingerprint density at radius 3 is 2.66 bits per heavy atom. The van der Waals surface area contributed by atoms with Crippen molar-refractivity contribution in [1.29, 1.82) is 0 Å². The molecule has 12 heteroatoms. The third-order valence-corrected chi connectivity index (χ3v) is 6.24. The predicted octanol–water partition coefficient (Wildman–Crippen LogP) is 3.41. The highest BCUT2D eigenvalue weighted by atomic mass is 19.1. The number of hydrogen-bond donors (Lipinski definition) is 2. The number of nitrogens with two attached hydrogens (primary N) is 2. The molecule has 0 amide bonds. The Hall–Kier alpha value is -5.26. The highest BCUT2D eigenvalue weighted by Crippen LogP contribution is 2.29. The quantitative estimate of drug-likeness (QED) is 0.334. The molecule has 11 nitrogen and oxygen atoms in total. The van der Waals surface area contributed by atoms with Crippen molar-refractivity contribution in [2.45, 2.75) is 13.5 Å². The molecular weight excluding hydrogens is 485 g/mol. The van der Waals surface area contributed by atoms with Crippen molar-refractivity contribution in [1.82, 2.24) is 44.7 Å². The monoisotopic (exact) mass is 507 g/mol. The molecule has 0 fully saturated rings. The van der Waals surface area contributed by atoms with Crippen molar-refractivity contribution in [3.05, 3.63) is 78.0 Å². The summed E-state index contributed by atoms with van der Waals surface area (Å²) in [4.78, 5) is 17.8. The lowest BCUT2D eigenvalue weighted by atomic mass is 10.1. The fourth-order valence-corrected chi connectivity index (χ4v) is 4.31. The smallest absolute Gasteiger partial charge is 0.193 e. The summed E-state index contributed by atoms with van der Waals surface area (Å²) in [6.07, 6.45) is 3.32. The van der Waals surface area contributed by atoms with Gasteiger partial charge in [0, 0.05) is 24.5 Å². The van der Waals surface area contributed by atoms with Crippen LogP contribution in [0.3, 0.4) is 0 Å². The molecule has 0 saturated heterocycles. The van der Waals surface area contributed by atoms with Crippen LogP contribution in [0, 0.1) is 12.7 Å². The number of halogens is 1. The van der Waals surface area contributed by atoms with Gasteiger partial charge in [0.1, 0.15) is 28.1 Å². The number of hydrogen-bond acceptors (Lipinski definition) is 9. The van der Waals surface area contributed by atoms with Crippen LogP contribution in [0.5, 0.6) is 0 Å². The standard InChI is InChI=1S/C26H22FN11/c1-14-16(7-4-8-17(14)28)26-32-22(21(27)25(29)33-26)20-13-38(36-34-20)12-15-6-3-9-19(31-15)24-23-18(35-37(24)2)10-5-11-30-23/h3-11,13H,12,28H2,1-2H3,(H2,29,32,33). The van der Waals surface area contributed by atoms with E-state index in [1.807, 2.05) is 44.3 Å². The number of nitrogens with zero attached hydrogens (tertiary/aromatic N) is 9. The van der Waals surface area contributed by atoms with E-state index in [0.29, 0.717) is 17.8 Å². The minimum atomic E-state index is -0.766. The minimum Gasteiger partial charge on any atom is -0.398 e. The number of nitrogen functional groups attached to an aromatic ring is 2. The number of rotatable bonds is 5. The maximum Gasteiger partial charge on any atom is 0.193 e. The Bertz CT molecular complexity index is 1820.